The molecule has 0 aliphatic carbocycles. The number of hydrogen-bond donors (Lipinski definition) is 2. The Balaban J connectivity index is 1.57. The number of likely N-dealkylation sites (tertiary alicyclic amines) is 1. The molecule has 40 heavy (non-hydrogen) atoms. The maximum atomic E-state index is 13.5. The maximum absolute atomic E-state index is 13.5. The smallest absolute Gasteiger partial charge is 0.308 e. The average Bonchev–Trinajstić information content (AvgIpc) is 3.57. The number of nitrogens with zero attached hydrogens (tertiary/aromatic N) is 2. The van der Waals surface area contributed by atoms with Crippen molar-refractivity contribution in [1.29, 1.82) is 0 Å². The highest BCUT2D eigenvalue weighted by atomic mass is 16.5. The van der Waals surface area contributed by atoms with Gasteiger partial charge in [-0.1, -0.05) is 37.6 Å². The lowest BCUT2D eigenvalue weighted by Crippen LogP contribution is -2.45. The fraction of sp³-hybridized carbons (Fsp3) is 0.548. The van der Waals surface area contributed by atoms with E-state index in [-0.39, 0.29) is 31.6 Å². The molecule has 0 radical (unpaired) electrons. The summed E-state index contributed by atoms with van der Waals surface area (Å²) in [5.41, 5.74) is 2.06. The van der Waals surface area contributed by atoms with Gasteiger partial charge in [-0.3, -0.25) is 14.5 Å². The Hall–Kier alpha value is -3.30. The Labute approximate surface area is 236 Å². The molecule has 1 amide bonds. The van der Waals surface area contributed by atoms with Crippen molar-refractivity contribution >= 4 is 11.9 Å². The lowest BCUT2D eigenvalue weighted by Gasteiger charge is -2.29. The molecule has 9 nitrogen and oxygen atoms in total. The Morgan fingerprint density at radius 3 is 2.62 bits per heavy atom. The zero-order chi connectivity index (χ0) is 28.5. The monoisotopic (exact) mass is 554 g/mol. The van der Waals surface area contributed by atoms with Gasteiger partial charge < -0.3 is 29.3 Å². The molecule has 9 heteroatoms. The van der Waals surface area contributed by atoms with Crippen LogP contribution in [0.25, 0.3) is 0 Å². The van der Waals surface area contributed by atoms with Gasteiger partial charge in [-0.25, -0.2) is 0 Å². The Morgan fingerprint density at radius 2 is 1.90 bits per heavy atom. The van der Waals surface area contributed by atoms with E-state index in [0.29, 0.717) is 50.6 Å². The van der Waals surface area contributed by atoms with Crippen molar-refractivity contribution in [2.45, 2.75) is 51.0 Å². The van der Waals surface area contributed by atoms with Gasteiger partial charge in [0.2, 0.25) is 5.91 Å². The standard InChI is InChI=1S/C31H42N2O7/c1-3-4-14-32(15-7-16-34)29(35)21-33-20-24(22-10-11-26-23(19-22)12-17-39-26)30(31(36)37)25(33)13-18-40-28-9-6-5-8-27(28)38-2/h5-6,8-11,19,24-25,30,34H,3-4,7,12-18,20-21H2,1-2H3,(H,36,37). The zero-order valence-corrected chi connectivity index (χ0v) is 23.6. The second kappa shape index (κ2) is 14.4. The number of aliphatic carboxylic acids is 1. The van der Waals surface area contributed by atoms with E-state index in [1.165, 1.54) is 0 Å². The van der Waals surface area contributed by atoms with Gasteiger partial charge in [-0.05, 0) is 48.6 Å². The lowest BCUT2D eigenvalue weighted by atomic mass is 9.83. The first-order chi connectivity index (χ1) is 19.5. The van der Waals surface area contributed by atoms with E-state index in [9.17, 15) is 19.8 Å². The predicted molar refractivity (Wildman–Crippen MR) is 151 cm³/mol. The summed E-state index contributed by atoms with van der Waals surface area (Å²) in [6.45, 7) is 4.73. The van der Waals surface area contributed by atoms with E-state index in [1.807, 2.05) is 41.3 Å². The largest absolute Gasteiger partial charge is 0.493 e. The summed E-state index contributed by atoms with van der Waals surface area (Å²) in [4.78, 5) is 30.1. The summed E-state index contributed by atoms with van der Waals surface area (Å²) in [7, 11) is 1.58. The number of aliphatic hydroxyl groups is 1. The molecule has 2 aromatic carbocycles. The molecule has 2 heterocycles. The summed E-state index contributed by atoms with van der Waals surface area (Å²) in [6.07, 6.45) is 3.61. The topological polar surface area (TPSA) is 109 Å². The number of carbonyl (C=O) groups is 2. The van der Waals surface area contributed by atoms with Gasteiger partial charge in [0.25, 0.3) is 0 Å². The molecular weight excluding hydrogens is 512 g/mol. The molecule has 3 unspecified atom stereocenters. The van der Waals surface area contributed by atoms with Crippen LogP contribution in [0.2, 0.25) is 0 Å². The van der Waals surface area contributed by atoms with Crippen molar-refractivity contribution in [1.82, 2.24) is 9.80 Å². The third kappa shape index (κ3) is 7.06. The number of methoxy groups -OCH3 is 1. The number of carboxylic acids is 1. The Kier molecular flexibility index (Phi) is 10.7. The molecule has 218 valence electrons. The molecule has 4 rings (SSSR count). The molecule has 0 bridgehead atoms. The van der Waals surface area contributed by atoms with Crippen LogP contribution < -0.4 is 14.2 Å². The van der Waals surface area contributed by atoms with Gasteiger partial charge in [0.1, 0.15) is 5.75 Å². The van der Waals surface area contributed by atoms with Crippen LogP contribution in [-0.2, 0) is 16.0 Å². The number of aliphatic hydroxyl groups excluding tert-OH is 1. The van der Waals surface area contributed by atoms with Crippen LogP contribution in [0.5, 0.6) is 17.2 Å². The lowest BCUT2D eigenvalue weighted by molar-refractivity contribution is -0.144. The molecule has 2 N–H and O–H groups in total. The van der Waals surface area contributed by atoms with Crippen LogP contribution in [-0.4, -0.2) is 91.0 Å². The molecule has 1 saturated heterocycles. The number of para-hydroxylation sites is 2. The van der Waals surface area contributed by atoms with Crippen LogP contribution >= 0.6 is 0 Å². The van der Waals surface area contributed by atoms with Crippen molar-refractivity contribution in [2.75, 3.05) is 53.1 Å². The van der Waals surface area contributed by atoms with Gasteiger partial charge in [0.05, 0.1) is 32.8 Å². The molecule has 2 aliphatic rings. The van der Waals surface area contributed by atoms with Crippen LogP contribution in [0.15, 0.2) is 42.5 Å². The van der Waals surface area contributed by atoms with Crippen molar-refractivity contribution in [2.24, 2.45) is 5.92 Å². The first kappa shape index (κ1) is 29.7. The molecular formula is C31H42N2O7. The van der Waals surface area contributed by atoms with Gasteiger partial charge in [0.15, 0.2) is 11.5 Å². The van der Waals surface area contributed by atoms with Crippen molar-refractivity contribution in [3.63, 3.8) is 0 Å². The number of hydrogen-bond acceptors (Lipinski definition) is 7. The van der Waals surface area contributed by atoms with E-state index < -0.39 is 17.9 Å². The van der Waals surface area contributed by atoms with Gasteiger partial charge >= 0.3 is 5.97 Å². The fourth-order valence-electron chi connectivity index (χ4n) is 5.90. The fourth-order valence-corrected chi connectivity index (χ4v) is 5.90. The molecule has 1 fully saturated rings. The number of fused-ring (bicyclic) bond motifs is 1. The SMILES string of the molecule is CCCCN(CCCO)C(=O)CN1CC(c2ccc3c(c2)CCO3)C(C(=O)O)C1CCOc1ccccc1OC. The molecule has 2 aromatic rings. The van der Waals surface area contributed by atoms with Crippen molar-refractivity contribution < 1.29 is 34.0 Å². The van der Waals surface area contributed by atoms with Crippen LogP contribution in [0.4, 0.5) is 0 Å². The summed E-state index contributed by atoms with van der Waals surface area (Å²) in [6, 6.07) is 13.0. The molecule has 0 spiro atoms. The summed E-state index contributed by atoms with van der Waals surface area (Å²) < 4.78 is 17.1. The molecule has 2 aliphatic heterocycles. The second-order valence-electron chi connectivity index (χ2n) is 10.5. The highest BCUT2D eigenvalue weighted by Gasteiger charge is 2.47. The summed E-state index contributed by atoms with van der Waals surface area (Å²) in [5.74, 6) is 0.196. The number of rotatable bonds is 15. The first-order valence-corrected chi connectivity index (χ1v) is 14.3. The van der Waals surface area contributed by atoms with E-state index in [0.717, 1.165) is 36.1 Å². The Bertz CT molecular complexity index is 1130. The van der Waals surface area contributed by atoms with E-state index in [2.05, 4.69) is 13.0 Å². The molecule has 0 aromatic heterocycles. The van der Waals surface area contributed by atoms with Crippen LogP contribution in [0.3, 0.4) is 0 Å². The normalized spacial score (nSPS) is 20.1. The summed E-state index contributed by atoms with van der Waals surface area (Å²) >= 11 is 0. The average molecular weight is 555 g/mol. The highest BCUT2D eigenvalue weighted by molar-refractivity contribution is 5.79. The van der Waals surface area contributed by atoms with Gasteiger partial charge in [-0.2, -0.15) is 0 Å². The minimum Gasteiger partial charge on any atom is -0.493 e. The molecule has 0 saturated carbocycles. The van der Waals surface area contributed by atoms with E-state index in [1.54, 1.807) is 12.0 Å². The number of carbonyl (C=O) groups excluding carboxylic acids is 1. The summed E-state index contributed by atoms with van der Waals surface area (Å²) in [5, 5.41) is 19.8. The number of amides is 1. The van der Waals surface area contributed by atoms with Gasteiger partial charge in [-0.15, -0.1) is 0 Å². The predicted octanol–water partition coefficient (Wildman–Crippen LogP) is 3.58. The highest BCUT2D eigenvalue weighted by Crippen LogP contribution is 2.41. The minimum atomic E-state index is -0.873. The first-order valence-electron chi connectivity index (χ1n) is 14.3. The molecule has 3 atom stereocenters. The quantitative estimate of drug-likeness (QED) is 0.344. The van der Waals surface area contributed by atoms with E-state index >= 15 is 0 Å². The van der Waals surface area contributed by atoms with Crippen LogP contribution in [0.1, 0.15) is 49.7 Å². The number of benzene rings is 2. The van der Waals surface area contributed by atoms with Gasteiger partial charge in [0, 0.05) is 44.6 Å². The van der Waals surface area contributed by atoms with E-state index in [4.69, 9.17) is 14.2 Å². The minimum absolute atomic E-state index is 0.0216. The van der Waals surface area contributed by atoms with Crippen molar-refractivity contribution in [3.8, 4) is 17.2 Å². The number of ether oxygens (including phenoxy) is 3. The Morgan fingerprint density at radius 1 is 1.12 bits per heavy atom. The number of unbranched alkanes of at least 4 members (excludes halogenated alkanes) is 1. The second-order valence-corrected chi connectivity index (χ2v) is 10.5. The maximum Gasteiger partial charge on any atom is 0.308 e. The number of carboxylic acid groups (broad SMARTS) is 1. The third-order valence-electron chi connectivity index (χ3n) is 7.97. The van der Waals surface area contributed by atoms with Crippen molar-refractivity contribution in [3.05, 3.63) is 53.6 Å². The third-order valence-corrected chi connectivity index (χ3v) is 7.97. The van der Waals surface area contributed by atoms with Crippen LogP contribution in [0, 0.1) is 5.92 Å². The zero-order valence-electron chi connectivity index (χ0n) is 23.6.